The zero-order chi connectivity index (χ0) is 15.3. The van der Waals surface area contributed by atoms with Crippen LogP contribution in [0.15, 0.2) is 30.3 Å². The first kappa shape index (κ1) is 16.4. The predicted molar refractivity (Wildman–Crippen MR) is 82.8 cm³/mol. The lowest BCUT2D eigenvalue weighted by atomic mass is 9.90. The molecule has 1 unspecified atom stereocenters. The van der Waals surface area contributed by atoms with Crippen LogP contribution in [0, 0.1) is 5.92 Å². The summed E-state index contributed by atoms with van der Waals surface area (Å²) in [6.07, 6.45) is 3.47. The second-order valence-corrected chi connectivity index (χ2v) is 6.99. The second-order valence-electron chi connectivity index (χ2n) is 5.81. The van der Waals surface area contributed by atoms with Crippen molar-refractivity contribution >= 4 is 10.3 Å². The zero-order valence-corrected chi connectivity index (χ0v) is 13.3. The molecule has 0 spiro atoms. The molecule has 118 valence electrons. The highest BCUT2D eigenvalue weighted by Gasteiger charge is 2.22. The molecule has 2 N–H and O–H groups in total. The van der Waals surface area contributed by atoms with Gasteiger partial charge in [0.2, 0.25) is 0 Å². The average molecular weight is 312 g/mol. The molecule has 1 aromatic carbocycles. The van der Waals surface area contributed by atoms with Gasteiger partial charge in [-0.25, -0.2) is 5.14 Å². The first-order chi connectivity index (χ1) is 9.94. The molecule has 21 heavy (non-hydrogen) atoms. The van der Waals surface area contributed by atoms with E-state index in [0.717, 1.165) is 37.9 Å². The summed E-state index contributed by atoms with van der Waals surface area (Å²) >= 11 is 0. The van der Waals surface area contributed by atoms with Gasteiger partial charge in [-0.1, -0.05) is 30.3 Å². The van der Waals surface area contributed by atoms with Crippen LogP contribution in [0.5, 0.6) is 0 Å². The summed E-state index contributed by atoms with van der Waals surface area (Å²) in [4.78, 5) is 2.33. The summed E-state index contributed by atoms with van der Waals surface area (Å²) in [5, 5.41) is 5.04. The Balaban J connectivity index is 1.96. The van der Waals surface area contributed by atoms with E-state index >= 15 is 0 Å². The standard InChI is InChI=1S/C15H24N2O3S/c1-17-11-9-13(10-12-17)7-8-15(20-21(16,18)19)14-5-3-2-4-6-14/h2-6,13,15H,7-12H2,1H3,(H2,16,18,19). The maximum Gasteiger partial charge on any atom is 0.333 e. The van der Waals surface area contributed by atoms with E-state index in [1.165, 1.54) is 0 Å². The van der Waals surface area contributed by atoms with Gasteiger partial charge >= 0.3 is 10.3 Å². The molecule has 2 rings (SSSR count). The van der Waals surface area contributed by atoms with E-state index in [0.29, 0.717) is 12.3 Å². The molecule has 6 heteroatoms. The van der Waals surface area contributed by atoms with Gasteiger partial charge in [0.25, 0.3) is 0 Å². The Labute approximate surface area is 127 Å². The van der Waals surface area contributed by atoms with E-state index in [1.807, 2.05) is 30.3 Å². The molecule has 1 heterocycles. The first-order valence-corrected chi connectivity index (χ1v) is 8.85. The van der Waals surface area contributed by atoms with Crippen LogP contribution in [0.1, 0.15) is 37.4 Å². The van der Waals surface area contributed by atoms with Crippen molar-refractivity contribution in [3.63, 3.8) is 0 Å². The van der Waals surface area contributed by atoms with Crippen molar-refractivity contribution in [1.29, 1.82) is 0 Å². The lowest BCUT2D eigenvalue weighted by molar-refractivity contribution is 0.165. The van der Waals surface area contributed by atoms with Crippen molar-refractivity contribution in [1.82, 2.24) is 4.90 Å². The van der Waals surface area contributed by atoms with Gasteiger partial charge in [-0.15, -0.1) is 0 Å². The molecule has 1 atom stereocenters. The van der Waals surface area contributed by atoms with E-state index < -0.39 is 16.4 Å². The third kappa shape index (κ3) is 5.74. The van der Waals surface area contributed by atoms with E-state index in [1.54, 1.807) is 0 Å². The Morgan fingerprint density at radius 1 is 1.29 bits per heavy atom. The minimum absolute atomic E-state index is 0.485. The van der Waals surface area contributed by atoms with Gasteiger partial charge in [0.05, 0.1) is 0 Å². The third-order valence-electron chi connectivity index (χ3n) is 4.10. The van der Waals surface area contributed by atoms with Gasteiger partial charge in [0, 0.05) is 0 Å². The minimum atomic E-state index is -3.94. The normalized spacial score (nSPS) is 19.5. The first-order valence-electron chi connectivity index (χ1n) is 7.38. The maximum atomic E-state index is 11.3. The molecule has 0 amide bonds. The van der Waals surface area contributed by atoms with Crippen LogP contribution < -0.4 is 5.14 Å². The molecule has 1 fully saturated rings. The molecule has 1 saturated heterocycles. The number of hydrogen-bond acceptors (Lipinski definition) is 4. The molecule has 5 nitrogen and oxygen atoms in total. The van der Waals surface area contributed by atoms with Crippen molar-refractivity contribution < 1.29 is 12.6 Å². The summed E-state index contributed by atoms with van der Waals surface area (Å²) in [5.74, 6) is 0.636. The summed E-state index contributed by atoms with van der Waals surface area (Å²) in [6.45, 7) is 2.22. The quantitative estimate of drug-likeness (QED) is 0.873. The molecule has 0 aliphatic carbocycles. The summed E-state index contributed by atoms with van der Waals surface area (Å²) in [6, 6.07) is 9.41. The SMILES string of the molecule is CN1CCC(CCC(OS(N)(=O)=O)c2ccccc2)CC1. The van der Waals surface area contributed by atoms with Gasteiger partial charge in [-0.05, 0) is 57.3 Å². The number of piperidine rings is 1. The van der Waals surface area contributed by atoms with Crippen molar-refractivity contribution in [2.45, 2.75) is 31.8 Å². The molecule has 1 aliphatic heterocycles. The Bertz CT molecular complexity index is 525. The van der Waals surface area contributed by atoms with Gasteiger partial charge in [-0.2, -0.15) is 8.42 Å². The Kier molecular flexibility index (Phi) is 5.75. The molecule has 0 aromatic heterocycles. The van der Waals surface area contributed by atoms with Crippen molar-refractivity contribution in [2.24, 2.45) is 11.1 Å². The van der Waals surface area contributed by atoms with E-state index in [4.69, 9.17) is 9.32 Å². The van der Waals surface area contributed by atoms with Crippen LogP contribution in [-0.2, 0) is 14.5 Å². The smallest absolute Gasteiger partial charge is 0.306 e. The molecular weight excluding hydrogens is 288 g/mol. The number of likely N-dealkylation sites (tertiary alicyclic amines) is 1. The van der Waals surface area contributed by atoms with Crippen LogP contribution in [0.3, 0.4) is 0 Å². The van der Waals surface area contributed by atoms with Gasteiger partial charge in [-0.3, -0.25) is 4.18 Å². The highest BCUT2D eigenvalue weighted by Crippen LogP contribution is 2.29. The third-order valence-corrected chi connectivity index (χ3v) is 4.60. The van der Waals surface area contributed by atoms with Crippen LogP contribution in [-0.4, -0.2) is 33.5 Å². The van der Waals surface area contributed by atoms with Crippen LogP contribution in [0.25, 0.3) is 0 Å². The van der Waals surface area contributed by atoms with E-state index in [9.17, 15) is 8.42 Å². The lowest BCUT2D eigenvalue weighted by Gasteiger charge is -2.29. The van der Waals surface area contributed by atoms with Crippen molar-refractivity contribution in [3.05, 3.63) is 35.9 Å². The van der Waals surface area contributed by atoms with Gasteiger partial charge in [0.1, 0.15) is 6.10 Å². The molecule has 0 radical (unpaired) electrons. The number of rotatable bonds is 6. The Morgan fingerprint density at radius 2 is 1.90 bits per heavy atom. The highest BCUT2D eigenvalue weighted by molar-refractivity contribution is 7.84. The fraction of sp³-hybridized carbons (Fsp3) is 0.600. The Hall–Kier alpha value is -0.950. The monoisotopic (exact) mass is 312 g/mol. The van der Waals surface area contributed by atoms with Crippen molar-refractivity contribution in [3.8, 4) is 0 Å². The van der Waals surface area contributed by atoms with Crippen LogP contribution >= 0.6 is 0 Å². The summed E-state index contributed by atoms with van der Waals surface area (Å²) in [7, 11) is -1.81. The van der Waals surface area contributed by atoms with Gasteiger partial charge < -0.3 is 4.90 Å². The largest absolute Gasteiger partial charge is 0.333 e. The minimum Gasteiger partial charge on any atom is -0.306 e. The molecule has 0 saturated carbocycles. The maximum absolute atomic E-state index is 11.3. The average Bonchev–Trinajstić information content (AvgIpc) is 2.45. The number of benzene rings is 1. The second kappa shape index (κ2) is 7.35. The Morgan fingerprint density at radius 3 is 2.48 bits per heavy atom. The zero-order valence-electron chi connectivity index (χ0n) is 12.4. The summed E-state index contributed by atoms with van der Waals surface area (Å²) in [5.41, 5.74) is 0.861. The predicted octanol–water partition coefficient (Wildman–Crippen LogP) is 2.07. The van der Waals surface area contributed by atoms with E-state index in [-0.39, 0.29) is 0 Å². The van der Waals surface area contributed by atoms with Crippen LogP contribution in [0.4, 0.5) is 0 Å². The summed E-state index contributed by atoms with van der Waals surface area (Å²) < 4.78 is 27.6. The fourth-order valence-corrected chi connectivity index (χ4v) is 3.37. The number of nitrogens with zero attached hydrogens (tertiary/aromatic N) is 1. The van der Waals surface area contributed by atoms with Crippen molar-refractivity contribution in [2.75, 3.05) is 20.1 Å². The number of hydrogen-bond donors (Lipinski definition) is 1. The number of nitrogens with two attached hydrogens (primary N) is 1. The molecular formula is C15H24N2O3S. The van der Waals surface area contributed by atoms with Gasteiger partial charge in [0.15, 0.2) is 0 Å². The molecule has 0 bridgehead atoms. The molecule has 1 aromatic rings. The lowest BCUT2D eigenvalue weighted by Crippen LogP contribution is -2.30. The van der Waals surface area contributed by atoms with E-state index in [2.05, 4.69) is 11.9 Å². The fourth-order valence-electron chi connectivity index (χ4n) is 2.84. The van der Waals surface area contributed by atoms with Crippen LogP contribution in [0.2, 0.25) is 0 Å². The topological polar surface area (TPSA) is 72.6 Å². The molecule has 1 aliphatic rings. The highest BCUT2D eigenvalue weighted by atomic mass is 32.2.